The van der Waals surface area contributed by atoms with Crippen LogP contribution in [0.15, 0.2) is 18.2 Å². The Morgan fingerprint density at radius 3 is 2.72 bits per heavy atom. The fraction of sp³-hybridized carbons (Fsp3) is 0.438. The van der Waals surface area contributed by atoms with Crippen molar-refractivity contribution >= 4 is 11.6 Å². The van der Waals surface area contributed by atoms with E-state index in [0.717, 1.165) is 18.5 Å². The van der Waals surface area contributed by atoms with Gasteiger partial charge < -0.3 is 9.47 Å². The summed E-state index contributed by atoms with van der Waals surface area (Å²) in [7, 11) is 0. The van der Waals surface area contributed by atoms with Crippen molar-refractivity contribution in [3.8, 4) is 11.6 Å². The average molecular weight is 379 g/mol. The Hall–Kier alpha value is -1.80. The van der Waals surface area contributed by atoms with Crippen molar-refractivity contribution in [2.24, 2.45) is 0 Å². The quantitative estimate of drug-likeness (QED) is 0.704. The third-order valence-electron chi connectivity index (χ3n) is 3.89. The monoisotopic (exact) mass is 378 g/mol. The molecule has 0 bridgehead atoms. The van der Waals surface area contributed by atoms with E-state index in [-0.39, 0.29) is 12.0 Å². The highest BCUT2D eigenvalue weighted by Crippen LogP contribution is 2.38. The summed E-state index contributed by atoms with van der Waals surface area (Å²) in [6.07, 6.45) is -2.73. The molecular weight excluding hydrogens is 364 g/mol. The van der Waals surface area contributed by atoms with Crippen LogP contribution >= 0.6 is 11.6 Å². The molecular formula is C16H15ClF4N2O2. The normalized spacial score (nSPS) is 17.9. The highest BCUT2D eigenvalue weighted by atomic mass is 35.5. The zero-order valence-electron chi connectivity index (χ0n) is 13.2. The topological polar surface area (TPSA) is 36.3 Å². The van der Waals surface area contributed by atoms with Gasteiger partial charge in [-0.05, 0) is 31.9 Å². The van der Waals surface area contributed by atoms with Gasteiger partial charge in [0.05, 0.1) is 23.2 Å². The van der Waals surface area contributed by atoms with Gasteiger partial charge in [-0.15, -0.1) is 5.10 Å². The van der Waals surface area contributed by atoms with Gasteiger partial charge in [-0.2, -0.15) is 13.2 Å². The van der Waals surface area contributed by atoms with E-state index in [4.69, 9.17) is 21.1 Å². The number of benzene rings is 1. The van der Waals surface area contributed by atoms with Gasteiger partial charge in [0.1, 0.15) is 0 Å². The number of hydrogen-bond acceptors (Lipinski definition) is 3. The number of nitrogens with zero attached hydrogens (tertiary/aromatic N) is 2. The van der Waals surface area contributed by atoms with E-state index < -0.39 is 28.3 Å². The molecule has 0 N–H and O–H groups in total. The van der Waals surface area contributed by atoms with Gasteiger partial charge >= 0.3 is 6.18 Å². The predicted octanol–water partition coefficient (Wildman–Crippen LogP) is 4.97. The van der Waals surface area contributed by atoms with Crippen LogP contribution in [0.25, 0.3) is 0 Å². The maximum atomic E-state index is 14.0. The van der Waals surface area contributed by atoms with Crippen LogP contribution in [0.5, 0.6) is 11.6 Å². The maximum Gasteiger partial charge on any atom is 0.416 e. The van der Waals surface area contributed by atoms with Gasteiger partial charge in [-0.3, -0.25) is 4.68 Å². The van der Waals surface area contributed by atoms with Crippen LogP contribution in [0, 0.1) is 12.7 Å². The molecule has 3 rings (SSSR count). The zero-order valence-corrected chi connectivity index (χ0v) is 14.0. The first-order valence-corrected chi connectivity index (χ1v) is 8.02. The Morgan fingerprint density at radius 1 is 1.36 bits per heavy atom. The summed E-state index contributed by atoms with van der Waals surface area (Å²) in [5.74, 6) is -1.64. The zero-order chi connectivity index (χ0) is 18.2. The molecule has 136 valence electrons. The molecule has 25 heavy (non-hydrogen) atoms. The molecule has 0 aliphatic carbocycles. The SMILES string of the molecule is Cc1cc(Oc2c(F)cc(C(F)(F)F)cc2Cl)nn1CC1CCCO1. The minimum absolute atomic E-state index is 0.0519. The van der Waals surface area contributed by atoms with E-state index in [1.54, 1.807) is 17.7 Å². The van der Waals surface area contributed by atoms with Crippen molar-refractivity contribution in [3.05, 3.63) is 40.3 Å². The minimum atomic E-state index is -4.69. The van der Waals surface area contributed by atoms with E-state index in [1.807, 2.05) is 0 Å². The van der Waals surface area contributed by atoms with Crippen LogP contribution < -0.4 is 4.74 Å². The van der Waals surface area contributed by atoms with Crippen molar-refractivity contribution in [2.75, 3.05) is 6.61 Å². The second-order valence-corrected chi connectivity index (χ2v) is 6.22. The molecule has 2 heterocycles. The van der Waals surface area contributed by atoms with Gasteiger partial charge in [0.15, 0.2) is 11.6 Å². The summed E-state index contributed by atoms with van der Waals surface area (Å²) in [6, 6.07) is 2.52. The summed E-state index contributed by atoms with van der Waals surface area (Å²) >= 11 is 5.76. The first kappa shape index (κ1) is 18.0. The van der Waals surface area contributed by atoms with Crippen molar-refractivity contribution < 1.29 is 27.0 Å². The largest absolute Gasteiger partial charge is 0.433 e. The molecule has 9 heteroatoms. The van der Waals surface area contributed by atoms with Crippen LogP contribution in [0.1, 0.15) is 24.1 Å². The van der Waals surface area contributed by atoms with Gasteiger partial charge in [0.2, 0.25) is 5.88 Å². The molecule has 4 nitrogen and oxygen atoms in total. The van der Waals surface area contributed by atoms with Crippen molar-refractivity contribution in [1.29, 1.82) is 0 Å². The predicted molar refractivity (Wildman–Crippen MR) is 82.4 cm³/mol. The number of aryl methyl sites for hydroxylation is 1. The molecule has 1 aromatic carbocycles. The first-order valence-electron chi connectivity index (χ1n) is 7.64. The van der Waals surface area contributed by atoms with Gasteiger partial charge in [0.25, 0.3) is 0 Å². The maximum absolute atomic E-state index is 14.0. The lowest BCUT2D eigenvalue weighted by Crippen LogP contribution is -2.16. The van der Waals surface area contributed by atoms with Crippen LogP contribution in [0.2, 0.25) is 5.02 Å². The lowest BCUT2D eigenvalue weighted by atomic mass is 10.2. The molecule has 1 fully saturated rings. The Balaban J connectivity index is 1.80. The molecule has 0 saturated carbocycles. The third-order valence-corrected chi connectivity index (χ3v) is 4.17. The van der Waals surface area contributed by atoms with Crippen LogP contribution in [0.4, 0.5) is 17.6 Å². The van der Waals surface area contributed by atoms with Gasteiger partial charge in [-0.1, -0.05) is 11.6 Å². The highest BCUT2D eigenvalue weighted by molar-refractivity contribution is 6.32. The Labute approximate surface area is 146 Å². The number of aromatic nitrogens is 2. The van der Waals surface area contributed by atoms with E-state index >= 15 is 0 Å². The summed E-state index contributed by atoms with van der Waals surface area (Å²) in [5.41, 5.74) is -0.420. The second kappa shape index (κ2) is 6.84. The lowest BCUT2D eigenvalue weighted by molar-refractivity contribution is -0.137. The molecule has 1 aliphatic rings. The number of rotatable bonds is 4. The van der Waals surface area contributed by atoms with E-state index in [2.05, 4.69) is 5.10 Å². The first-order chi connectivity index (χ1) is 11.7. The average Bonchev–Trinajstić information content (AvgIpc) is 3.13. The minimum Gasteiger partial charge on any atom is -0.433 e. The summed E-state index contributed by atoms with van der Waals surface area (Å²) in [4.78, 5) is 0. The van der Waals surface area contributed by atoms with Gasteiger partial charge in [0, 0.05) is 18.4 Å². The van der Waals surface area contributed by atoms with Crippen molar-refractivity contribution in [2.45, 2.75) is 38.6 Å². The van der Waals surface area contributed by atoms with Crippen LogP contribution in [-0.2, 0) is 17.5 Å². The molecule has 0 amide bonds. The van der Waals surface area contributed by atoms with Crippen LogP contribution in [0.3, 0.4) is 0 Å². The van der Waals surface area contributed by atoms with E-state index in [0.29, 0.717) is 25.3 Å². The standard InChI is InChI=1S/C16H15ClF4N2O2/c1-9-5-14(22-23(9)8-11-3-2-4-24-11)25-15-12(17)6-10(7-13(15)18)16(19,20)21/h5-7,11H,2-4,8H2,1H3. The fourth-order valence-electron chi connectivity index (χ4n) is 2.62. The molecule has 1 aromatic heterocycles. The van der Waals surface area contributed by atoms with E-state index in [9.17, 15) is 17.6 Å². The van der Waals surface area contributed by atoms with Crippen LogP contribution in [-0.4, -0.2) is 22.5 Å². The second-order valence-electron chi connectivity index (χ2n) is 5.81. The Morgan fingerprint density at radius 2 is 2.12 bits per heavy atom. The van der Waals surface area contributed by atoms with Crippen molar-refractivity contribution in [3.63, 3.8) is 0 Å². The highest BCUT2D eigenvalue weighted by Gasteiger charge is 2.33. The Kier molecular flexibility index (Phi) is 4.92. The number of ether oxygens (including phenoxy) is 2. The summed E-state index contributed by atoms with van der Waals surface area (Å²) < 4.78 is 64.5. The molecule has 1 unspecified atom stereocenters. The van der Waals surface area contributed by atoms with Gasteiger partial charge in [-0.25, -0.2) is 4.39 Å². The smallest absolute Gasteiger partial charge is 0.416 e. The molecule has 0 spiro atoms. The molecule has 1 saturated heterocycles. The lowest BCUT2D eigenvalue weighted by Gasteiger charge is -2.11. The molecule has 2 aromatic rings. The third kappa shape index (κ3) is 4.07. The molecule has 1 atom stereocenters. The summed E-state index contributed by atoms with van der Waals surface area (Å²) in [5, 5.41) is 3.72. The van der Waals surface area contributed by atoms with Crippen molar-refractivity contribution in [1.82, 2.24) is 9.78 Å². The van der Waals surface area contributed by atoms with E-state index in [1.165, 1.54) is 0 Å². The molecule has 0 radical (unpaired) electrons. The summed E-state index contributed by atoms with van der Waals surface area (Å²) in [6.45, 7) is 3.03. The number of halogens is 5. The number of hydrogen-bond donors (Lipinski definition) is 0. The fourth-order valence-corrected chi connectivity index (χ4v) is 2.87. The Bertz CT molecular complexity index is 747. The number of alkyl halides is 3. The molecule has 1 aliphatic heterocycles.